The van der Waals surface area contributed by atoms with Gasteiger partial charge in [-0.15, -0.1) is 0 Å². The fourth-order valence-corrected chi connectivity index (χ4v) is 9.88. The molecule has 0 radical (unpaired) electrons. The number of thioether (sulfide) groups is 4. The van der Waals surface area contributed by atoms with Crippen LogP contribution in [-0.2, 0) is 9.47 Å². The van der Waals surface area contributed by atoms with Crippen molar-refractivity contribution in [1.29, 1.82) is 0 Å². The molecule has 2 rings (SSSR count). The average Bonchev–Trinajstić information content (AvgIpc) is 2.70. The maximum atomic E-state index is 12.1. The Kier molecular flexibility index (Phi) is 12.6. The highest BCUT2D eigenvalue weighted by atomic mass is 32.2. The van der Waals surface area contributed by atoms with Crippen LogP contribution in [0.5, 0.6) is 0 Å². The molecule has 0 aromatic carbocycles. The third kappa shape index (κ3) is 10.4. The molecule has 1 atom stereocenters. The van der Waals surface area contributed by atoms with E-state index in [2.05, 4.69) is 27.0 Å². The zero-order chi connectivity index (χ0) is 26.1. The Morgan fingerprint density at radius 1 is 0.914 bits per heavy atom. The molecule has 0 bridgehead atoms. The van der Waals surface area contributed by atoms with Gasteiger partial charge < -0.3 is 20.9 Å². The maximum Gasteiger partial charge on any atom is 0.407 e. The summed E-state index contributed by atoms with van der Waals surface area (Å²) in [6.45, 7) is 14.7. The van der Waals surface area contributed by atoms with Gasteiger partial charge in [-0.1, -0.05) is 45.1 Å². The van der Waals surface area contributed by atoms with E-state index in [-0.39, 0.29) is 17.3 Å². The average molecular weight is 563 g/mol. The van der Waals surface area contributed by atoms with Crippen molar-refractivity contribution < 1.29 is 19.1 Å². The van der Waals surface area contributed by atoms with Gasteiger partial charge >= 0.3 is 12.2 Å². The van der Waals surface area contributed by atoms with Gasteiger partial charge in [-0.25, -0.2) is 9.59 Å². The molecule has 2 fully saturated rings. The summed E-state index contributed by atoms with van der Waals surface area (Å²) >= 11 is 7.38. The monoisotopic (exact) mass is 562 g/mol. The van der Waals surface area contributed by atoms with Crippen LogP contribution in [-0.4, -0.2) is 64.0 Å². The van der Waals surface area contributed by atoms with Gasteiger partial charge in [0.15, 0.2) is 0 Å². The first-order chi connectivity index (χ1) is 16.4. The molecule has 0 aromatic heterocycles. The molecule has 0 aromatic rings. The molecule has 0 saturated carbocycles. The van der Waals surface area contributed by atoms with E-state index in [0.29, 0.717) is 23.8 Å². The molecule has 2 heterocycles. The van der Waals surface area contributed by atoms with Crippen LogP contribution in [0.2, 0.25) is 0 Å². The Hall–Kier alpha value is -0.580. The van der Waals surface area contributed by atoms with E-state index in [4.69, 9.17) is 20.9 Å². The normalized spacial score (nSPS) is 20.8. The zero-order valence-corrected chi connectivity index (χ0v) is 24.6. The van der Waals surface area contributed by atoms with Gasteiger partial charge in [0.2, 0.25) is 0 Å². The smallest absolute Gasteiger partial charge is 0.406 e. The van der Waals surface area contributed by atoms with Crippen molar-refractivity contribution in [1.82, 2.24) is 0 Å². The zero-order valence-electron chi connectivity index (χ0n) is 21.3. The van der Waals surface area contributed by atoms with Gasteiger partial charge in [-0.05, 0) is 42.1 Å². The molecular formula is C25H42N2O4S4. The third-order valence-electron chi connectivity index (χ3n) is 6.43. The van der Waals surface area contributed by atoms with Gasteiger partial charge in [0.1, 0.15) is 0 Å². The molecule has 1 unspecified atom stereocenters. The lowest BCUT2D eigenvalue weighted by Crippen LogP contribution is -2.56. The van der Waals surface area contributed by atoms with Gasteiger partial charge in [0, 0.05) is 40.4 Å². The number of ether oxygens (including phenoxy) is 2. The fourth-order valence-electron chi connectivity index (χ4n) is 4.78. The summed E-state index contributed by atoms with van der Waals surface area (Å²) < 4.78 is 11.4. The van der Waals surface area contributed by atoms with E-state index in [1.807, 2.05) is 30.4 Å². The van der Waals surface area contributed by atoms with Crippen molar-refractivity contribution in [2.45, 2.75) is 45.8 Å². The summed E-state index contributed by atoms with van der Waals surface area (Å²) in [4.78, 5) is 24.1. The molecule has 0 aliphatic carbocycles. The van der Waals surface area contributed by atoms with Crippen molar-refractivity contribution in [3.05, 3.63) is 24.3 Å². The van der Waals surface area contributed by atoms with Crippen molar-refractivity contribution in [2.24, 2.45) is 34.6 Å². The van der Waals surface area contributed by atoms with Crippen LogP contribution in [0.15, 0.2) is 24.3 Å². The van der Waals surface area contributed by atoms with Gasteiger partial charge in [-0.3, -0.25) is 0 Å². The van der Waals surface area contributed by atoms with Crippen LogP contribution in [0, 0.1) is 23.2 Å². The van der Waals surface area contributed by atoms with Crippen molar-refractivity contribution in [3.8, 4) is 0 Å². The summed E-state index contributed by atoms with van der Waals surface area (Å²) in [6.07, 6.45) is 0.950. The molecule has 2 amide bonds. The van der Waals surface area contributed by atoms with Crippen LogP contribution in [0.4, 0.5) is 9.59 Å². The Morgan fingerprint density at radius 2 is 1.34 bits per heavy atom. The number of primary amides is 2. The molecule has 200 valence electrons. The molecule has 2 aliphatic heterocycles. The number of carbonyl (C=O) groups is 2. The Labute approximate surface area is 228 Å². The lowest BCUT2D eigenvalue weighted by atomic mass is 9.74. The Balaban J connectivity index is 2.16. The highest BCUT2D eigenvalue weighted by Crippen LogP contribution is 2.44. The van der Waals surface area contributed by atoms with Crippen molar-refractivity contribution in [3.63, 3.8) is 0 Å². The first kappa shape index (κ1) is 30.6. The highest BCUT2D eigenvalue weighted by molar-refractivity contribution is 8.01. The van der Waals surface area contributed by atoms with Crippen molar-refractivity contribution >= 4 is 59.2 Å². The van der Waals surface area contributed by atoms with E-state index < -0.39 is 18.0 Å². The van der Waals surface area contributed by atoms with Gasteiger partial charge in [0.25, 0.3) is 5.79 Å². The summed E-state index contributed by atoms with van der Waals surface area (Å²) in [6, 6.07) is 0. The second-order valence-corrected chi connectivity index (χ2v) is 14.6. The lowest BCUT2D eigenvalue weighted by molar-refractivity contribution is -0.222. The Morgan fingerprint density at radius 3 is 1.77 bits per heavy atom. The van der Waals surface area contributed by atoms with E-state index in [1.54, 1.807) is 23.5 Å². The minimum Gasteiger partial charge on any atom is -0.406 e. The minimum atomic E-state index is -1.50. The lowest BCUT2D eigenvalue weighted by Gasteiger charge is -2.44. The summed E-state index contributed by atoms with van der Waals surface area (Å²) in [5, 5.41) is 0. The standard InChI is InChI=1S/C25H42N2O4S4/c1-17-9-32-13-20(14-33-10-17)6-7-24(4,5)8-19(3)25(30-22(26)28,31-23(27)29)21-15-34-11-18(2)12-35-16-21/h19-21H,1-2,6-16H2,3-5H3,(H2,26,28)(H2,27,29). The summed E-state index contributed by atoms with van der Waals surface area (Å²) in [5.41, 5.74) is 13.5. The maximum absolute atomic E-state index is 12.1. The summed E-state index contributed by atoms with van der Waals surface area (Å²) in [5.74, 6) is 5.98. The van der Waals surface area contributed by atoms with Crippen molar-refractivity contribution in [2.75, 3.05) is 46.0 Å². The number of carbonyl (C=O) groups excluding carboxylic acids is 2. The van der Waals surface area contributed by atoms with Crippen LogP contribution < -0.4 is 11.5 Å². The molecule has 6 nitrogen and oxygen atoms in total. The number of rotatable bonds is 9. The summed E-state index contributed by atoms with van der Waals surface area (Å²) in [7, 11) is 0. The second-order valence-electron chi connectivity index (χ2n) is 10.5. The molecule has 4 N–H and O–H groups in total. The Bertz CT molecular complexity index is 722. The molecular weight excluding hydrogens is 521 g/mol. The highest BCUT2D eigenvalue weighted by Gasteiger charge is 2.52. The quantitative estimate of drug-likeness (QED) is 0.260. The molecule has 2 saturated heterocycles. The first-order valence-electron chi connectivity index (χ1n) is 12.0. The van der Waals surface area contributed by atoms with Crippen LogP contribution >= 0.6 is 47.0 Å². The SMILES string of the molecule is C=C1CSCC(CCC(C)(C)CC(C)C(OC(N)=O)(OC(N)=O)C2CSCC(=C)CSC2)CSC1. The molecule has 35 heavy (non-hydrogen) atoms. The van der Waals surface area contributed by atoms with E-state index in [1.165, 1.54) is 11.1 Å². The fraction of sp³-hybridized carbons (Fsp3) is 0.760. The van der Waals surface area contributed by atoms with Crippen LogP contribution in [0.25, 0.3) is 0 Å². The molecule has 0 spiro atoms. The number of hydrogen-bond donors (Lipinski definition) is 2. The van der Waals surface area contributed by atoms with Gasteiger partial charge in [-0.2, -0.15) is 47.0 Å². The van der Waals surface area contributed by atoms with Crippen LogP contribution in [0.3, 0.4) is 0 Å². The van der Waals surface area contributed by atoms with E-state index in [0.717, 1.165) is 47.4 Å². The van der Waals surface area contributed by atoms with E-state index in [9.17, 15) is 9.59 Å². The number of nitrogens with two attached hydrogens (primary N) is 2. The van der Waals surface area contributed by atoms with E-state index >= 15 is 0 Å². The first-order valence-corrected chi connectivity index (χ1v) is 16.7. The largest absolute Gasteiger partial charge is 0.407 e. The molecule has 2 aliphatic rings. The molecule has 10 heteroatoms. The van der Waals surface area contributed by atoms with Crippen LogP contribution in [0.1, 0.15) is 40.0 Å². The minimum absolute atomic E-state index is 0.0514. The third-order valence-corrected chi connectivity index (χ3v) is 11.6. The predicted molar refractivity (Wildman–Crippen MR) is 155 cm³/mol. The second kappa shape index (κ2) is 14.4. The van der Waals surface area contributed by atoms with Gasteiger partial charge in [0.05, 0.1) is 5.92 Å². The predicted octanol–water partition coefficient (Wildman–Crippen LogP) is 6.01. The number of amides is 2. The topological polar surface area (TPSA) is 105 Å². The number of hydrogen-bond acceptors (Lipinski definition) is 8.